The van der Waals surface area contributed by atoms with Gasteiger partial charge in [0.05, 0.1) is 31.3 Å². The van der Waals surface area contributed by atoms with E-state index in [1.165, 1.54) is 11.3 Å². The summed E-state index contributed by atoms with van der Waals surface area (Å²) in [6, 6.07) is 3.40. The third-order valence-electron chi connectivity index (χ3n) is 4.04. The van der Waals surface area contributed by atoms with Crippen LogP contribution in [0.4, 0.5) is 0 Å². The molecule has 0 aliphatic heterocycles. The monoisotopic (exact) mass is 436 g/mol. The van der Waals surface area contributed by atoms with Gasteiger partial charge in [0.1, 0.15) is 22.9 Å². The van der Waals surface area contributed by atoms with Crippen LogP contribution in [0.25, 0.3) is 16.2 Å². The fraction of sp³-hybridized carbons (Fsp3) is 0.350. The average molecular weight is 437 g/mol. The smallest absolute Gasteiger partial charge is 0.311 e. The van der Waals surface area contributed by atoms with Crippen LogP contribution >= 0.6 is 22.9 Å². The van der Waals surface area contributed by atoms with Crippen molar-refractivity contribution >= 4 is 40.2 Å². The molecule has 2 aromatic heterocycles. The lowest BCUT2D eigenvalue weighted by atomic mass is 10.1. The van der Waals surface area contributed by atoms with E-state index in [-0.39, 0.29) is 12.4 Å². The molecule has 9 heteroatoms. The maximum Gasteiger partial charge on any atom is 0.311 e. The number of fused-ring (bicyclic) bond motifs is 1. The second-order valence-electron chi connectivity index (χ2n) is 5.94. The lowest BCUT2D eigenvalue weighted by Crippen LogP contribution is -2.06. The molecule has 3 aromatic rings. The van der Waals surface area contributed by atoms with Crippen LogP contribution in [0.1, 0.15) is 36.1 Å². The molecule has 3 rings (SSSR count). The highest BCUT2D eigenvalue weighted by atomic mass is 35.5. The molecule has 0 unspecified atom stereocenters. The number of hydrogen-bond acceptors (Lipinski definition) is 7. The first-order chi connectivity index (χ1) is 14.0. The second kappa shape index (κ2) is 9.28. The summed E-state index contributed by atoms with van der Waals surface area (Å²) >= 11 is 7.68. The average Bonchev–Trinajstić information content (AvgIpc) is 3.21. The van der Waals surface area contributed by atoms with Crippen molar-refractivity contribution in [2.75, 3.05) is 19.8 Å². The first-order valence-electron chi connectivity index (χ1n) is 9.23. The van der Waals surface area contributed by atoms with Crippen molar-refractivity contribution in [1.29, 1.82) is 0 Å². The van der Waals surface area contributed by atoms with Gasteiger partial charge in [0.25, 0.3) is 0 Å². The van der Waals surface area contributed by atoms with Gasteiger partial charge in [-0.15, -0.1) is 11.3 Å². The van der Waals surface area contributed by atoms with Gasteiger partial charge in [0, 0.05) is 22.7 Å². The van der Waals surface area contributed by atoms with Gasteiger partial charge >= 0.3 is 5.97 Å². The number of halogens is 1. The Kier molecular flexibility index (Phi) is 6.76. The van der Waals surface area contributed by atoms with E-state index in [9.17, 15) is 9.59 Å². The van der Waals surface area contributed by atoms with Crippen molar-refractivity contribution in [2.24, 2.45) is 0 Å². The Labute approximate surface area is 177 Å². The quantitative estimate of drug-likeness (QED) is 0.364. The van der Waals surface area contributed by atoms with Crippen LogP contribution in [0.5, 0.6) is 11.5 Å². The van der Waals surface area contributed by atoms with E-state index in [1.807, 2.05) is 13.8 Å². The van der Waals surface area contributed by atoms with E-state index in [2.05, 4.69) is 4.98 Å². The van der Waals surface area contributed by atoms with Crippen molar-refractivity contribution in [3.63, 3.8) is 0 Å². The Hall–Kier alpha value is -2.58. The summed E-state index contributed by atoms with van der Waals surface area (Å²) in [4.78, 5) is 29.6. The van der Waals surface area contributed by atoms with E-state index in [0.717, 1.165) is 11.2 Å². The van der Waals surface area contributed by atoms with E-state index in [0.29, 0.717) is 58.3 Å². The minimum atomic E-state index is -0.318. The molecule has 2 heterocycles. The molecule has 0 fully saturated rings. The molecule has 0 atom stereocenters. The van der Waals surface area contributed by atoms with Gasteiger partial charge in [-0.25, -0.2) is 4.98 Å². The SMILES string of the molecule is CCOC(=O)Cc1cn2c(C=O)c(-c3cc(Cl)c(OCC)cc3OCC)nc2s1. The first-order valence-corrected chi connectivity index (χ1v) is 10.4. The van der Waals surface area contributed by atoms with E-state index in [4.69, 9.17) is 25.8 Å². The number of carbonyl (C=O) groups is 2. The van der Waals surface area contributed by atoms with Gasteiger partial charge in [-0.05, 0) is 26.8 Å². The number of ether oxygens (including phenoxy) is 3. The zero-order valence-corrected chi connectivity index (χ0v) is 17.9. The third kappa shape index (κ3) is 4.38. The van der Waals surface area contributed by atoms with Crippen molar-refractivity contribution < 1.29 is 23.8 Å². The zero-order valence-electron chi connectivity index (χ0n) is 16.4. The molecule has 0 radical (unpaired) electrons. The summed E-state index contributed by atoms with van der Waals surface area (Å²) < 4.78 is 17.9. The molecule has 154 valence electrons. The summed E-state index contributed by atoms with van der Waals surface area (Å²) in [6.07, 6.45) is 2.60. The molecule has 0 saturated carbocycles. The molecule has 0 bridgehead atoms. The van der Waals surface area contributed by atoms with E-state index < -0.39 is 0 Å². The zero-order chi connectivity index (χ0) is 21.0. The van der Waals surface area contributed by atoms with Crippen LogP contribution in [0.2, 0.25) is 5.02 Å². The number of nitrogens with zero attached hydrogens (tertiary/aromatic N) is 2. The Morgan fingerprint density at radius 1 is 1.17 bits per heavy atom. The Morgan fingerprint density at radius 2 is 1.90 bits per heavy atom. The number of thiazole rings is 1. The van der Waals surface area contributed by atoms with Crippen molar-refractivity contribution in [2.45, 2.75) is 27.2 Å². The fourth-order valence-electron chi connectivity index (χ4n) is 2.92. The number of imidazole rings is 1. The van der Waals surface area contributed by atoms with Gasteiger partial charge in [-0.1, -0.05) is 11.6 Å². The van der Waals surface area contributed by atoms with Crippen LogP contribution < -0.4 is 9.47 Å². The van der Waals surface area contributed by atoms with Crippen molar-refractivity contribution in [1.82, 2.24) is 9.38 Å². The van der Waals surface area contributed by atoms with E-state index >= 15 is 0 Å². The normalized spacial score (nSPS) is 10.9. The Bertz CT molecular complexity index is 1040. The number of benzene rings is 1. The number of hydrogen-bond donors (Lipinski definition) is 0. The molecule has 7 nitrogen and oxygen atoms in total. The molecule has 0 aliphatic rings. The topological polar surface area (TPSA) is 79.1 Å². The number of aromatic nitrogens is 2. The van der Waals surface area contributed by atoms with E-state index in [1.54, 1.807) is 29.7 Å². The highest BCUT2D eigenvalue weighted by Gasteiger charge is 2.22. The van der Waals surface area contributed by atoms with Gasteiger partial charge in [-0.2, -0.15) is 0 Å². The highest BCUT2D eigenvalue weighted by Crippen LogP contribution is 2.40. The number of aldehydes is 1. The van der Waals surface area contributed by atoms with Crippen LogP contribution in [0, 0.1) is 0 Å². The summed E-state index contributed by atoms with van der Waals surface area (Å²) in [7, 11) is 0. The van der Waals surface area contributed by atoms with Gasteiger partial charge in [0.15, 0.2) is 11.2 Å². The molecular formula is C20H21ClN2O5S. The molecule has 0 saturated heterocycles. The molecule has 0 spiro atoms. The lowest BCUT2D eigenvalue weighted by Gasteiger charge is -2.13. The summed E-state index contributed by atoms with van der Waals surface area (Å²) in [5, 5.41) is 0.404. The van der Waals surface area contributed by atoms with Gasteiger partial charge in [0.2, 0.25) is 0 Å². The molecule has 1 aromatic carbocycles. The fourth-order valence-corrected chi connectivity index (χ4v) is 4.10. The Morgan fingerprint density at radius 3 is 2.55 bits per heavy atom. The molecule has 0 N–H and O–H groups in total. The highest BCUT2D eigenvalue weighted by molar-refractivity contribution is 7.17. The van der Waals surface area contributed by atoms with Crippen LogP contribution in [-0.4, -0.2) is 41.5 Å². The van der Waals surface area contributed by atoms with Gasteiger partial charge < -0.3 is 14.2 Å². The summed E-state index contributed by atoms with van der Waals surface area (Å²) in [6.45, 7) is 6.72. The predicted molar refractivity (Wildman–Crippen MR) is 112 cm³/mol. The van der Waals surface area contributed by atoms with Crippen LogP contribution in [0.3, 0.4) is 0 Å². The predicted octanol–water partition coefficient (Wildman–Crippen LogP) is 4.43. The molecule has 0 amide bonds. The standard InChI is InChI=1S/C20H21ClN2O5S/c1-4-26-16-9-17(27-5-2)14(21)8-13(16)19-15(11-24)23-10-12(29-20(23)22-19)7-18(25)28-6-3/h8-11H,4-7H2,1-3H3. The number of rotatable bonds is 9. The van der Waals surface area contributed by atoms with Crippen molar-refractivity contribution in [3.8, 4) is 22.8 Å². The van der Waals surface area contributed by atoms with Crippen molar-refractivity contribution in [3.05, 3.63) is 33.9 Å². The summed E-state index contributed by atoms with van der Waals surface area (Å²) in [5.74, 6) is 0.717. The largest absolute Gasteiger partial charge is 0.493 e. The first kappa shape index (κ1) is 21.1. The third-order valence-corrected chi connectivity index (χ3v) is 5.31. The molecular weight excluding hydrogens is 416 g/mol. The Balaban J connectivity index is 2.07. The molecule has 0 aliphatic carbocycles. The maximum atomic E-state index is 11.9. The van der Waals surface area contributed by atoms with Crippen LogP contribution in [0.15, 0.2) is 18.3 Å². The summed E-state index contributed by atoms with van der Waals surface area (Å²) in [5.41, 5.74) is 1.42. The maximum absolute atomic E-state index is 11.9. The number of carbonyl (C=O) groups excluding carboxylic acids is 2. The second-order valence-corrected chi connectivity index (χ2v) is 7.44. The minimum Gasteiger partial charge on any atom is -0.493 e. The van der Waals surface area contributed by atoms with Crippen LogP contribution in [-0.2, 0) is 16.0 Å². The lowest BCUT2D eigenvalue weighted by molar-refractivity contribution is -0.142. The number of esters is 1. The molecule has 29 heavy (non-hydrogen) atoms. The minimum absolute atomic E-state index is 0.134. The van der Waals surface area contributed by atoms with Gasteiger partial charge in [-0.3, -0.25) is 14.0 Å².